The SMILES string of the molecule is Cc1cc(=O)n([C@H](C)C(=O)OCC(C)C)c2c1c(C)nn2-c1ccccc1. The highest BCUT2D eigenvalue weighted by Gasteiger charge is 2.25. The Morgan fingerprint density at radius 1 is 1.15 bits per heavy atom. The molecule has 0 saturated carbocycles. The molecule has 3 rings (SSSR count). The van der Waals surface area contributed by atoms with E-state index in [2.05, 4.69) is 5.10 Å². The Bertz CT molecular complexity index is 1030. The molecule has 27 heavy (non-hydrogen) atoms. The molecule has 1 aromatic carbocycles. The number of carbonyl (C=O) groups excluding carboxylic acids is 1. The van der Waals surface area contributed by atoms with Crippen molar-refractivity contribution < 1.29 is 9.53 Å². The fourth-order valence-electron chi connectivity index (χ4n) is 3.23. The molecule has 0 N–H and O–H groups in total. The third-order valence-corrected chi connectivity index (χ3v) is 4.52. The molecule has 0 bridgehead atoms. The molecule has 1 atom stereocenters. The molecule has 0 saturated heterocycles. The van der Waals surface area contributed by atoms with Gasteiger partial charge < -0.3 is 4.74 Å². The topological polar surface area (TPSA) is 66.1 Å². The number of hydrogen-bond acceptors (Lipinski definition) is 4. The number of para-hydroxylation sites is 1. The highest BCUT2D eigenvalue weighted by Crippen LogP contribution is 2.26. The van der Waals surface area contributed by atoms with Crippen molar-refractivity contribution >= 4 is 17.0 Å². The lowest BCUT2D eigenvalue weighted by atomic mass is 10.1. The molecule has 0 unspecified atom stereocenters. The molecule has 2 aromatic heterocycles. The molecular weight excluding hydrogens is 342 g/mol. The van der Waals surface area contributed by atoms with Crippen molar-refractivity contribution in [3.8, 4) is 5.69 Å². The molecule has 3 aromatic rings. The van der Waals surface area contributed by atoms with Crippen LogP contribution in [0.15, 0.2) is 41.2 Å². The molecule has 0 aliphatic heterocycles. The summed E-state index contributed by atoms with van der Waals surface area (Å²) < 4.78 is 8.59. The maximum atomic E-state index is 12.8. The van der Waals surface area contributed by atoms with Crippen LogP contribution < -0.4 is 5.56 Å². The maximum absolute atomic E-state index is 12.8. The zero-order valence-electron chi connectivity index (χ0n) is 16.4. The van der Waals surface area contributed by atoms with Gasteiger partial charge in [-0.15, -0.1) is 0 Å². The molecular formula is C21H25N3O3. The highest BCUT2D eigenvalue weighted by atomic mass is 16.5. The number of benzene rings is 1. The van der Waals surface area contributed by atoms with Crippen LogP contribution >= 0.6 is 0 Å². The van der Waals surface area contributed by atoms with Gasteiger partial charge in [-0.05, 0) is 44.4 Å². The summed E-state index contributed by atoms with van der Waals surface area (Å²) in [5, 5.41) is 5.52. The molecule has 0 spiro atoms. The Kier molecular flexibility index (Phi) is 5.17. The van der Waals surface area contributed by atoms with E-state index in [1.54, 1.807) is 17.7 Å². The first-order chi connectivity index (χ1) is 12.8. The molecule has 0 fully saturated rings. The van der Waals surface area contributed by atoms with Crippen molar-refractivity contribution in [1.82, 2.24) is 14.3 Å². The van der Waals surface area contributed by atoms with Crippen LogP contribution in [-0.4, -0.2) is 26.9 Å². The highest BCUT2D eigenvalue weighted by molar-refractivity contribution is 5.85. The predicted molar refractivity (Wildman–Crippen MR) is 105 cm³/mol. The van der Waals surface area contributed by atoms with Crippen molar-refractivity contribution in [2.24, 2.45) is 5.92 Å². The summed E-state index contributed by atoms with van der Waals surface area (Å²) >= 11 is 0. The maximum Gasteiger partial charge on any atom is 0.329 e. The van der Waals surface area contributed by atoms with Crippen LogP contribution in [-0.2, 0) is 9.53 Å². The van der Waals surface area contributed by atoms with Crippen LogP contribution in [0.1, 0.15) is 38.1 Å². The smallest absolute Gasteiger partial charge is 0.329 e. The first-order valence-corrected chi connectivity index (χ1v) is 9.14. The van der Waals surface area contributed by atoms with Crippen molar-refractivity contribution in [2.75, 3.05) is 6.61 Å². The number of esters is 1. The van der Waals surface area contributed by atoms with Crippen LogP contribution in [0, 0.1) is 19.8 Å². The molecule has 6 heteroatoms. The second-order valence-electron chi connectivity index (χ2n) is 7.27. The van der Waals surface area contributed by atoms with E-state index in [9.17, 15) is 9.59 Å². The summed E-state index contributed by atoms with van der Waals surface area (Å²) in [6.07, 6.45) is 0. The van der Waals surface area contributed by atoms with Gasteiger partial charge in [0.2, 0.25) is 0 Å². The van der Waals surface area contributed by atoms with Gasteiger partial charge in [-0.25, -0.2) is 9.48 Å². The van der Waals surface area contributed by atoms with Gasteiger partial charge in [-0.1, -0.05) is 32.0 Å². The quantitative estimate of drug-likeness (QED) is 0.647. The summed E-state index contributed by atoms with van der Waals surface area (Å²) in [7, 11) is 0. The average Bonchev–Trinajstić information content (AvgIpc) is 2.97. The number of ether oxygens (including phenoxy) is 1. The minimum absolute atomic E-state index is 0.230. The number of hydrogen-bond donors (Lipinski definition) is 0. The van der Waals surface area contributed by atoms with Gasteiger partial charge in [-0.2, -0.15) is 5.10 Å². The van der Waals surface area contributed by atoms with Crippen molar-refractivity contribution in [3.05, 3.63) is 58.0 Å². The zero-order valence-corrected chi connectivity index (χ0v) is 16.4. The van der Waals surface area contributed by atoms with Gasteiger partial charge in [0.05, 0.1) is 18.0 Å². The van der Waals surface area contributed by atoms with Crippen LogP contribution in [0.2, 0.25) is 0 Å². The van der Waals surface area contributed by atoms with Crippen molar-refractivity contribution in [2.45, 2.75) is 40.7 Å². The fourth-order valence-corrected chi connectivity index (χ4v) is 3.23. The number of pyridine rings is 1. The zero-order chi connectivity index (χ0) is 19.7. The Hall–Kier alpha value is -2.89. The third kappa shape index (κ3) is 3.52. The average molecular weight is 367 g/mol. The van der Waals surface area contributed by atoms with Gasteiger partial charge in [0, 0.05) is 11.5 Å². The Labute approximate surface area is 158 Å². The lowest BCUT2D eigenvalue weighted by molar-refractivity contribution is -0.148. The summed E-state index contributed by atoms with van der Waals surface area (Å²) in [5.74, 6) is -0.192. The predicted octanol–water partition coefficient (Wildman–Crippen LogP) is 3.56. The van der Waals surface area contributed by atoms with E-state index in [0.717, 1.165) is 22.3 Å². The minimum Gasteiger partial charge on any atom is -0.464 e. The normalized spacial score (nSPS) is 12.5. The van der Waals surface area contributed by atoms with Crippen molar-refractivity contribution in [1.29, 1.82) is 0 Å². The van der Waals surface area contributed by atoms with E-state index in [1.165, 1.54) is 4.57 Å². The van der Waals surface area contributed by atoms with Crippen LogP contribution in [0.4, 0.5) is 0 Å². The summed E-state index contributed by atoms with van der Waals surface area (Å²) in [4.78, 5) is 25.4. The van der Waals surface area contributed by atoms with E-state index in [4.69, 9.17) is 4.74 Å². The molecule has 0 aliphatic carbocycles. The number of fused-ring (bicyclic) bond motifs is 1. The van der Waals surface area contributed by atoms with E-state index >= 15 is 0 Å². The van der Waals surface area contributed by atoms with E-state index in [0.29, 0.717) is 12.3 Å². The Balaban J connectivity index is 2.23. The van der Waals surface area contributed by atoms with Gasteiger partial charge in [0.25, 0.3) is 5.56 Å². The standard InChI is InChI=1S/C21H25N3O3/c1-13(2)12-27-21(26)16(5)23-18(25)11-14(3)19-15(4)22-24(20(19)23)17-9-7-6-8-10-17/h6-11,13,16H,12H2,1-5H3/t16-/m1/s1. The number of rotatable bonds is 5. The molecule has 0 radical (unpaired) electrons. The lowest BCUT2D eigenvalue weighted by Crippen LogP contribution is -2.31. The van der Waals surface area contributed by atoms with Gasteiger partial charge in [0.15, 0.2) is 0 Å². The summed E-state index contributed by atoms with van der Waals surface area (Å²) in [5.41, 5.74) is 2.84. The molecule has 2 heterocycles. The number of nitrogens with zero attached hydrogens (tertiary/aromatic N) is 3. The molecule has 6 nitrogen and oxygen atoms in total. The summed E-state index contributed by atoms with van der Waals surface area (Å²) in [6, 6.07) is 10.4. The van der Waals surface area contributed by atoms with Crippen LogP contribution in [0.5, 0.6) is 0 Å². The Morgan fingerprint density at radius 2 is 1.81 bits per heavy atom. The molecule has 0 amide bonds. The lowest BCUT2D eigenvalue weighted by Gasteiger charge is -2.18. The third-order valence-electron chi connectivity index (χ3n) is 4.52. The second-order valence-corrected chi connectivity index (χ2v) is 7.27. The number of carbonyl (C=O) groups is 1. The first-order valence-electron chi connectivity index (χ1n) is 9.14. The number of aromatic nitrogens is 3. The van der Waals surface area contributed by atoms with E-state index in [-0.39, 0.29) is 11.5 Å². The second kappa shape index (κ2) is 7.39. The van der Waals surface area contributed by atoms with Gasteiger partial charge >= 0.3 is 5.97 Å². The fraction of sp³-hybridized carbons (Fsp3) is 0.381. The largest absolute Gasteiger partial charge is 0.464 e. The van der Waals surface area contributed by atoms with E-state index in [1.807, 2.05) is 58.0 Å². The first kappa shape index (κ1) is 18.9. The molecule has 0 aliphatic rings. The Morgan fingerprint density at radius 3 is 2.44 bits per heavy atom. The summed E-state index contributed by atoms with van der Waals surface area (Å²) in [6.45, 7) is 9.76. The van der Waals surface area contributed by atoms with Gasteiger partial charge in [0.1, 0.15) is 11.7 Å². The van der Waals surface area contributed by atoms with Crippen molar-refractivity contribution in [3.63, 3.8) is 0 Å². The molecule has 142 valence electrons. The number of aryl methyl sites for hydroxylation is 2. The van der Waals surface area contributed by atoms with Crippen LogP contribution in [0.25, 0.3) is 16.7 Å². The minimum atomic E-state index is -0.752. The van der Waals surface area contributed by atoms with Gasteiger partial charge in [-0.3, -0.25) is 9.36 Å². The van der Waals surface area contributed by atoms with E-state index < -0.39 is 12.0 Å². The monoisotopic (exact) mass is 367 g/mol. The van der Waals surface area contributed by atoms with Crippen LogP contribution in [0.3, 0.4) is 0 Å².